The van der Waals surface area contributed by atoms with Crippen molar-refractivity contribution in [1.29, 1.82) is 0 Å². The van der Waals surface area contributed by atoms with Crippen molar-refractivity contribution in [1.82, 2.24) is 10.2 Å². The van der Waals surface area contributed by atoms with Gasteiger partial charge in [0.2, 0.25) is 11.8 Å². The maximum Gasteiger partial charge on any atom is 0.264 e. The van der Waals surface area contributed by atoms with Gasteiger partial charge in [-0.1, -0.05) is 90.1 Å². The molecule has 2 amide bonds. The molecule has 3 aromatic rings. The molecule has 1 fully saturated rings. The molecule has 1 N–H and O–H groups in total. The lowest BCUT2D eigenvalue weighted by Gasteiger charge is -2.34. The van der Waals surface area contributed by atoms with Gasteiger partial charge in [0.1, 0.15) is 12.6 Å². The Morgan fingerprint density at radius 2 is 1.63 bits per heavy atom. The Bertz CT molecular complexity index is 1420. The van der Waals surface area contributed by atoms with Crippen LogP contribution in [0.3, 0.4) is 0 Å². The van der Waals surface area contributed by atoms with Crippen LogP contribution in [0.5, 0.6) is 0 Å². The van der Waals surface area contributed by atoms with Crippen LogP contribution in [0.4, 0.5) is 5.69 Å². The van der Waals surface area contributed by atoms with Crippen LogP contribution in [0.15, 0.2) is 88.2 Å². The molecule has 7 nitrogen and oxygen atoms in total. The highest BCUT2D eigenvalue weighted by Crippen LogP contribution is 2.26. The summed E-state index contributed by atoms with van der Waals surface area (Å²) in [6, 6.07) is 22.1. The van der Waals surface area contributed by atoms with E-state index in [4.69, 9.17) is 0 Å². The number of carbonyl (C=O) groups excluding carboxylic acids is 2. The second kappa shape index (κ2) is 14.1. The quantitative estimate of drug-likeness (QED) is 0.270. The van der Waals surface area contributed by atoms with Gasteiger partial charge in [-0.2, -0.15) is 0 Å². The molecule has 0 spiro atoms. The van der Waals surface area contributed by atoms with Gasteiger partial charge in [-0.05, 0) is 68.1 Å². The first-order valence-corrected chi connectivity index (χ1v) is 16.4. The third kappa shape index (κ3) is 7.98. The van der Waals surface area contributed by atoms with E-state index in [1.165, 1.54) is 18.6 Å². The molecule has 1 atom stereocenters. The van der Waals surface area contributed by atoms with Gasteiger partial charge >= 0.3 is 0 Å². The molecule has 0 heterocycles. The molecule has 1 saturated carbocycles. The van der Waals surface area contributed by atoms with E-state index < -0.39 is 28.5 Å². The van der Waals surface area contributed by atoms with E-state index in [1.807, 2.05) is 38.1 Å². The summed E-state index contributed by atoms with van der Waals surface area (Å²) in [5, 5.41) is 3.18. The molecule has 0 aliphatic heterocycles. The lowest BCUT2D eigenvalue weighted by molar-refractivity contribution is -0.140. The zero-order chi connectivity index (χ0) is 29.4. The standard InChI is InChI=1S/C32H38BrN3O4S/c1-3-30(32(38)34-27-13-6-4-7-14-27)35(22-25-12-10-11-24(2)21-25)31(37)23-36(28-19-17-26(33)18-20-28)41(39,40)29-15-8-5-9-16-29/h5,8-12,15-21,27,30H,3-4,6-7,13-14,22-23H2,1-2H3,(H,34,38). The molecule has 3 aromatic carbocycles. The maximum absolute atomic E-state index is 14.2. The fraction of sp³-hybridized carbons (Fsp3) is 0.375. The molecule has 0 aromatic heterocycles. The predicted octanol–water partition coefficient (Wildman–Crippen LogP) is 6.21. The Hall–Kier alpha value is -3.17. The number of hydrogen-bond acceptors (Lipinski definition) is 4. The number of sulfonamides is 1. The van der Waals surface area contributed by atoms with Gasteiger partial charge in [0.05, 0.1) is 10.6 Å². The van der Waals surface area contributed by atoms with Crippen molar-refractivity contribution in [2.45, 2.75) is 75.9 Å². The highest BCUT2D eigenvalue weighted by molar-refractivity contribution is 9.10. The number of rotatable bonds is 11. The monoisotopic (exact) mass is 639 g/mol. The van der Waals surface area contributed by atoms with Crippen molar-refractivity contribution in [3.63, 3.8) is 0 Å². The Balaban J connectivity index is 1.69. The zero-order valence-corrected chi connectivity index (χ0v) is 26.0. The minimum atomic E-state index is -4.08. The van der Waals surface area contributed by atoms with Crippen LogP contribution in [0.1, 0.15) is 56.6 Å². The number of benzene rings is 3. The minimum absolute atomic E-state index is 0.0861. The predicted molar refractivity (Wildman–Crippen MR) is 166 cm³/mol. The summed E-state index contributed by atoms with van der Waals surface area (Å²) in [5.41, 5.74) is 2.28. The zero-order valence-electron chi connectivity index (χ0n) is 23.6. The number of amides is 2. The first kappa shape index (κ1) is 30.8. The largest absolute Gasteiger partial charge is 0.352 e. The number of nitrogens with zero attached hydrogens (tertiary/aromatic N) is 2. The number of halogens is 1. The lowest BCUT2D eigenvalue weighted by Crippen LogP contribution is -2.54. The minimum Gasteiger partial charge on any atom is -0.352 e. The fourth-order valence-corrected chi connectivity index (χ4v) is 7.03. The van der Waals surface area contributed by atoms with Crippen LogP contribution in [-0.2, 0) is 26.2 Å². The van der Waals surface area contributed by atoms with Crippen LogP contribution in [-0.4, -0.2) is 43.8 Å². The molecule has 1 aliphatic rings. The highest BCUT2D eigenvalue weighted by atomic mass is 79.9. The van der Waals surface area contributed by atoms with Crippen molar-refractivity contribution in [3.05, 3.63) is 94.5 Å². The van der Waals surface area contributed by atoms with Crippen LogP contribution in [0.25, 0.3) is 0 Å². The van der Waals surface area contributed by atoms with Gasteiger partial charge in [-0.15, -0.1) is 0 Å². The second-order valence-electron chi connectivity index (χ2n) is 10.6. The van der Waals surface area contributed by atoms with Crippen molar-refractivity contribution >= 4 is 43.5 Å². The average molecular weight is 641 g/mol. The van der Waals surface area contributed by atoms with E-state index >= 15 is 0 Å². The van der Waals surface area contributed by atoms with Crippen molar-refractivity contribution < 1.29 is 18.0 Å². The molecule has 1 aliphatic carbocycles. The Kier molecular flexibility index (Phi) is 10.6. The van der Waals surface area contributed by atoms with E-state index in [2.05, 4.69) is 21.2 Å². The van der Waals surface area contributed by atoms with Crippen molar-refractivity contribution in [2.24, 2.45) is 0 Å². The van der Waals surface area contributed by atoms with Crippen molar-refractivity contribution in [2.75, 3.05) is 10.8 Å². The second-order valence-corrected chi connectivity index (χ2v) is 13.4. The van der Waals surface area contributed by atoms with Gasteiger partial charge in [0.15, 0.2) is 0 Å². The summed E-state index contributed by atoms with van der Waals surface area (Å²) < 4.78 is 29.7. The number of nitrogens with one attached hydrogen (secondary N) is 1. The van der Waals surface area contributed by atoms with Gasteiger partial charge in [0, 0.05) is 17.1 Å². The van der Waals surface area contributed by atoms with E-state index in [0.29, 0.717) is 12.1 Å². The SMILES string of the molecule is CCC(C(=O)NC1CCCCC1)N(Cc1cccc(C)c1)C(=O)CN(c1ccc(Br)cc1)S(=O)(=O)c1ccccc1. The van der Waals surface area contributed by atoms with Gasteiger partial charge in [0.25, 0.3) is 10.0 Å². The maximum atomic E-state index is 14.2. The Morgan fingerprint density at radius 1 is 0.951 bits per heavy atom. The Morgan fingerprint density at radius 3 is 2.27 bits per heavy atom. The van der Waals surface area contributed by atoms with Gasteiger partial charge < -0.3 is 10.2 Å². The molecule has 218 valence electrons. The van der Waals surface area contributed by atoms with E-state index in [0.717, 1.165) is 45.6 Å². The van der Waals surface area contributed by atoms with Crippen LogP contribution in [0.2, 0.25) is 0 Å². The molecule has 0 radical (unpaired) electrons. The topological polar surface area (TPSA) is 86.8 Å². The number of carbonyl (C=O) groups is 2. The average Bonchev–Trinajstić information content (AvgIpc) is 2.97. The smallest absolute Gasteiger partial charge is 0.264 e. The summed E-state index contributed by atoms with van der Waals surface area (Å²) in [6.07, 6.45) is 5.59. The summed E-state index contributed by atoms with van der Waals surface area (Å²) in [5.74, 6) is -0.638. The molecule has 1 unspecified atom stereocenters. The third-order valence-electron chi connectivity index (χ3n) is 7.50. The normalized spacial score (nSPS) is 14.7. The third-order valence-corrected chi connectivity index (χ3v) is 9.81. The van der Waals surface area contributed by atoms with Crippen LogP contribution >= 0.6 is 15.9 Å². The van der Waals surface area contributed by atoms with E-state index in [1.54, 1.807) is 47.4 Å². The molecule has 0 saturated heterocycles. The van der Waals surface area contributed by atoms with E-state index in [9.17, 15) is 18.0 Å². The fourth-order valence-electron chi connectivity index (χ4n) is 5.33. The molecule has 9 heteroatoms. The lowest BCUT2D eigenvalue weighted by atomic mass is 9.95. The molecule has 4 rings (SSSR count). The summed E-state index contributed by atoms with van der Waals surface area (Å²) in [4.78, 5) is 29.4. The molecule has 0 bridgehead atoms. The molecular weight excluding hydrogens is 602 g/mol. The Labute approximate surface area is 252 Å². The van der Waals surface area contributed by atoms with Gasteiger partial charge in [-0.25, -0.2) is 8.42 Å². The highest BCUT2D eigenvalue weighted by Gasteiger charge is 2.34. The van der Waals surface area contributed by atoms with Crippen LogP contribution in [0, 0.1) is 6.92 Å². The number of aryl methyl sites for hydroxylation is 1. The first-order valence-electron chi connectivity index (χ1n) is 14.2. The summed E-state index contributed by atoms with van der Waals surface area (Å²) in [6.45, 7) is 3.61. The summed E-state index contributed by atoms with van der Waals surface area (Å²) in [7, 11) is -4.08. The summed E-state index contributed by atoms with van der Waals surface area (Å²) >= 11 is 3.40. The van der Waals surface area contributed by atoms with Gasteiger partial charge in [-0.3, -0.25) is 13.9 Å². The van der Waals surface area contributed by atoms with E-state index in [-0.39, 0.29) is 23.4 Å². The number of hydrogen-bond donors (Lipinski definition) is 1. The van der Waals surface area contributed by atoms with Crippen molar-refractivity contribution in [3.8, 4) is 0 Å². The molecule has 41 heavy (non-hydrogen) atoms. The molecular formula is C32H38BrN3O4S. The number of anilines is 1. The first-order chi connectivity index (χ1) is 19.7. The van der Waals surface area contributed by atoms with Crippen LogP contribution < -0.4 is 9.62 Å².